The van der Waals surface area contributed by atoms with Crippen molar-refractivity contribution in [3.05, 3.63) is 36.0 Å². The number of rotatable bonds is 5. The lowest BCUT2D eigenvalue weighted by molar-refractivity contribution is 0.0717. The summed E-state index contributed by atoms with van der Waals surface area (Å²) in [6.45, 7) is 1.57. The Balaban J connectivity index is 1.77. The molecule has 3 heteroatoms. The number of aliphatic hydroxyl groups is 1. The van der Waals surface area contributed by atoms with Gasteiger partial charge in [-0.05, 0) is 41.8 Å². The highest BCUT2D eigenvalue weighted by Crippen LogP contribution is 2.29. The number of benzene rings is 1. The van der Waals surface area contributed by atoms with E-state index >= 15 is 0 Å². The van der Waals surface area contributed by atoms with E-state index in [9.17, 15) is 0 Å². The summed E-state index contributed by atoms with van der Waals surface area (Å²) in [6, 6.07) is 8.10. The molecule has 2 aromatic rings. The third-order valence-corrected chi connectivity index (χ3v) is 3.30. The third kappa shape index (κ3) is 2.35. The second-order valence-electron chi connectivity index (χ2n) is 4.78. The highest BCUT2D eigenvalue weighted by molar-refractivity contribution is 5.80. The van der Waals surface area contributed by atoms with Gasteiger partial charge in [0.15, 0.2) is 0 Å². The van der Waals surface area contributed by atoms with Crippen molar-refractivity contribution in [3.63, 3.8) is 0 Å². The molecule has 0 atom stereocenters. The quantitative estimate of drug-likeness (QED) is 0.858. The Kier molecular flexibility index (Phi) is 2.87. The summed E-state index contributed by atoms with van der Waals surface area (Å²) in [5.74, 6) is 0.796. The first-order chi connectivity index (χ1) is 8.36. The number of aromatic nitrogens is 1. The zero-order chi connectivity index (χ0) is 11.7. The minimum absolute atomic E-state index is 0.0874. The van der Waals surface area contributed by atoms with E-state index in [0.717, 1.165) is 23.6 Å². The molecule has 1 N–H and O–H groups in total. The molecule has 1 aliphatic carbocycles. The lowest BCUT2D eigenvalue weighted by Gasteiger charge is -2.07. The third-order valence-electron chi connectivity index (χ3n) is 3.30. The van der Waals surface area contributed by atoms with Crippen molar-refractivity contribution in [3.8, 4) is 0 Å². The van der Waals surface area contributed by atoms with E-state index in [-0.39, 0.29) is 6.61 Å². The predicted octanol–water partition coefficient (Wildman–Crippen LogP) is 2.52. The molecular formula is C14H17NO2. The molecule has 1 saturated carbocycles. The minimum atomic E-state index is 0.0874. The summed E-state index contributed by atoms with van der Waals surface area (Å²) in [5, 5.41) is 10.3. The average molecular weight is 231 g/mol. The Morgan fingerprint density at radius 1 is 1.29 bits per heavy atom. The molecule has 3 rings (SSSR count). The first kappa shape index (κ1) is 10.8. The van der Waals surface area contributed by atoms with Crippen LogP contribution < -0.4 is 0 Å². The van der Waals surface area contributed by atoms with E-state index in [0.29, 0.717) is 6.73 Å². The lowest BCUT2D eigenvalue weighted by Crippen LogP contribution is -2.03. The summed E-state index contributed by atoms with van der Waals surface area (Å²) in [4.78, 5) is 0. The normalized spacial score (nSPS) is 15.6. The maximum Gasteiger partial charge on any atom is 0.122 e. The van der Waals surface area contributed by atoms with Crippen molar-refractivity contribution in [1.82, 2.24) is 4.57 Å². The molecular weight excluding hydrogens is 214 g/mol. The van der Waals surface area contributed by atoms with E-state index in [1.165, 1.54) is 18.2 Å². The van der Waals surface area contributed by atoms with Gasteiger partial charge in [-0.3, -0.25) is 0 Å². The highest BCUT2D eigenvalue weighted by atomic mass is 16.5. The van der Waals surface area contributed by atoms with Gasteiger partial charge in [-0.2, -0.15) is 0 Å². The SMILES string of the molecule is OCc1ccc2ccn(COCC3CC3)c2c1. The van der Waals surface area contributed by atoms with Crippen LogP contribution in [0.25, 0.3) is 10.9 Å². The summed E-state index contributed by atoms with van der Waals surface area (Å²) in [5.41, 5.74) is 2.08. The minimum Gasteiger partial charge on any atom is -0.392 e. The van der Waals surface area contributed by atoms with Crippen molar-refractivity contribution in [1.29, 1.82) is 0 Å². The van der Waals surface area contributed by atoms with Crippen LogP contribution >= 0.6 is 0 Å². The van der Waals surface area contributed by atoms with Crippen molar-refractivity contribution in [2.75, 3.05) is 6.61 Å². The number of aliphatic hydroxyl groups excluding tert-OH is 1. The average Bonchev–Trinajstić information content (AvgIpc) is 3.10. The number of fused-ring (bicyclic) bond motifs is 1. The number of ether oxygens (including phenoxy) is 1. The van der Waals surface area contributed by atoms with Crippen LogP contribution in [0.5, 0.6) is 0 Å². The Hall–Kier alpha value is -1.32. The van der Waals surface area contributed by atoms with Gasteiger partial charge in [0.1, 0.15) is 6.73 Å². The van der Waals surface area contributed by atoms with Gasteiger partial charge < -0.3 is 14.4 Å². The molecule has 0 unspecified atom stereocenters. The van der Waals surface area contributed by atoms with Gasteiger partial charge in [-0.15, -0.1) is 0 Å². The van der Waals surface area contributed by atoms with Crippen molar-refractivity contribution in [2.24, 2.45) is 5.92 Å². The maximum absolute atomic E-state index is 9.14. The standard InChI is InChI=1S/C14H17NO2/c16-8-12-3-4-13-5-6-15(14(13)7-12)10-17-9-11-1-2-11/h3-7,11,16H,1-2,8-10H2. The van der Waals surface area contributed by atoms with Gasteiger partial charge in [-0.25, -0.2) is 0 Å². The molecule has 0 amide bonds. The molecule has 1 aromatic heterocycles. The first-order valence-electron chi connectivity index (χ1n) is 6.13. The highest BCUT2D eigenvalue weighted by Gasteiger charge is 2.21. The lowest BCUT2D eigenvalue weighted by atomic mass is 10.2. The van der Waals surface area contributed by atoms with Crippen molar-refractivity contribution >= 4 is 10.9 Å². The summed E-state index contributed by atoms with van der Waals surface area (Å²) < 4.78 is 7.78. The van der Waals surface area contributed by atoms with Crippen LogP contribution in [0.4, 0.5) is 0 Å². The number of nitrogens with zero attached hydrogens (tertiary/aromatic N) is 1. The molecule has 1 aliphatic rings. The molecule has 0 radical (unpaired) electrons. The van der Waals surface area contributed by atoms with Crippen LogP contribution in [0.15, 0.2) is 30.5 Å². The van der Waals surface area contributed by atoms with E-state index in [1.54, 1.807) is 0 Å². The molecule has 1 fully saturated rings. The van der Waals surface area contributed by atoms with Gasteiger partial charge in [0.05, 0.1) is 18.7 Å². The molecule has 1 aromatic carbocycles. The van der Waals surface area contributed by atoms with E-state index in [4.69, 9.17) is 9.84 Å². The summed E-state index contributed by atoms with van der Waals surface area (Å²) in [6.07, 6.45) is 4.68. The van der Waals surface area contributed by atoms with Crippen LogP contribution in [0, 0.1) is 5.92 Å². The molecule has 0 aliphatic heterocycles. The zero-order valence-electron chi connectivity index (χ0n) is 9.80. The Morgan fingerprint density at radius 3 is 2.94 bits per heavy atom. The molecule has 1 heterocycles. The summed E-state index contributed by atoms with van der Waals surface area (Å²) >= 11 is 0. The van der Waals surface area contributed by atoms with E-state index in [1.807, 2.05) is 24.4 Å². The van der Waals surface area contributed by atoms with Crippen LogP contribution in [0.1, 0.15) is 18.4 Å². The Labute approximate surface area is 101 Å². The van der Waals surface area contributed by atoms with E-state index in [2.05, 4.69) is 10.6 Å². The summed E-state index contributed by atoms with van der Waals surface area (Å²) in [7, 11) is 0. The van der Waals surface area contributed by atoms with E-state index < -0.39 is 0 Å². The second kappa shape index (κ2) is 4.51. The van der Waals surface area contributed by atoms with Gasteiger partial charge in [0.25, 0.3) is 0 Å². The van der Waals surface area contributed by atoms with Crippen molar-refractivity contribution < 1.29 is 9.84 Å². The fourth-order valence-electron chi connectivity index (χ4n) is 2.04. The van der Waals surface area contributed by atoms with Crippen LogP contribution in [0.2, 0.25) is 0 Å². The van der Waals surface area contributed by atoms with Gasteiger partial charge in [-0.1, -0.05) is 12.1 Å². The zero-order valence-corrected chi connectivity index (χ0v) is 9.80. The number of hydrogen-bond donors (Lipinski definition) is 1. The smallest absolute Gasteiger partial charge is 0.122 e. The Morgan fingerprint density at radius 2 is 2.18 bits per heavy atom. The van der Waals surface area contributed by atoms with Crippen molar-refractivity contribution in [2.45, 2.75) is 26.2 Å². The van der Waals surface area contributed by atoms with Crippen LogP contribution in [0.3, 0.4) is 0 Å². The molecule has 3 nitrogen and oxygen atoms in total. The second-order valence-corrected chi connectivity index (χ2v) is 4.78. The van der Waals surface area contributed by atoms with Gasteiger partial charge in [0, 0.05) is 6.20 Å². The largest absolute Gasteiger partial charge is 0.392 e. The monoisotopic (exact) mass is 231 g/mol. The molecule has 0 saturated heterocycles. The van der Waals surface area contributed by atoms with Crippen LogP contribution in [-0.2, 0) is 18.1 Å². The maximum atomic E-state index is 9.14. The fraction of sp³-hybridized carbons (Fsp3) is 0.429. The first-order valence-corrected chi connectivity index (χ1v) is 6.13. The fourth-order valence-corrected chi connectivity index (χ4v) is 2.04. The predicted molar refractivity (Wildman–Crippen MR) is 66.5 cm³/mol. The van der Waals surface area contributed by atoms with Gasteiger partial charge >= 0.3 is 0 Å². The molecule has 17 heavy (non-hydrogen) atoms. The Bertz CT molecular complexity index is 514. The van der Waals surface area contributed by atoms with Gasteiger partial charge in [0.2, 0.25) is 0 Å². The molecule has 0 bridgehead atoms. The molecule has 90 valence electrons. The number of hydrogen-bond acceptors (Lipinski definition) is 2. The van der Waals surface area contributed by atoms with Crippen LogP contribution in [-0.4, -0.2) is 16.3 Å². The molecule has 0 spiro atoms. The topological polar surface area (TPSA) is 34.4 Å².